The van der Waals surface area contributed by atoms with E-state index in [1.165, 1.54) is 64.2 Å². The average molecular weight is 321 g/mol. The van der Waals surface area contributed by atoms with Crippen LogP contribution in [0.3, 0.4) is 0 Å². The van der Waals surface area contributed by atoms with Gasteiger partial charge in [0.2, 0.25) is 0 Å². The molecule has 2 nitrogen and oxygen atoms in total. The maximum absolute atomic E-state index is 9.61. The Hall–Kier alpha value is -0.340. The Bertz CT molecular complexity index is 343. The van der Waals surface area contributed by atoms with Gasteiger partial charge in [0, 0.05) is 0 Å². The molecule has 0 aromatic carbocycles. The molecule has 2 saturated carbocycles. The van der Waals surface area contributed by atoms with E-state index in [4.69, 9.17) is 4.74 Å². The third kappa shape index (κ3) is 5.06. The van der Waals surface area contributed by atoms with Gasteiger partial charge in [-0.1, -0.05) is 31.8 Å². The molecule has 0 spiro atoms. The van der Waals surface area contributed by atoms with E-state index in [-0.39, 0.29) is 6.10 Å². The van der Waals surface area contributed by atoms with Crippen molar-refractivity contribution in [1.82, 2.24) is 0 Å². The molecule has 0 radical (unpaired) electrons. The number of rotatable bonds is 5. The first-order chi connectivity index (χ1) is 11.2. The molecule has 1 saturated heterocycles. The Morgan fingerprint density at radius 1 is 0.783 bits per heavy atom. The zero-order valence-electron chi connectivity index (χ0n) is 14.8. The van der Waals surface area contributed by atoms with Crippen LogP contribution in [0.15, 0.2) is 12.7 Å². The summed E-state index contributed by atoms with van der Waals surface area (Å²) in [6.07, 6.45) is 18.0. The van der Waals surface area contributed by atoms with Gasteiger partial charge in [0.15, 0.2) is 0 Å². The number of hydrogen-bond acceptors (Lipinski definition) is 2. The van der Waals surface area contributed by atoms with E-state index in [9.17, 15) is 5.11 Å². The molecule has 2 unspecified atom stereocenters. The number of aliphatic hydroxyl groups excluding tert-OH is 1. The summed E-state index contributed by atoms with van der Waals surface area (Å²) in [5.74, 6) is 3.61. The summed E-state index contributed by atoms with van der Waals surface area (Å²) in [4.78, 5) is 0. The minimum Gasteiger partial charge on any atom is -0.393 e. The summed E-state index contributed by atoms with van der Waals surface area (Å²) in [6.45, 7) is 4.82. The molecule has 2 atom stereocenters. The van der Waals surface area contributed by atoms with Crippen molar-refractivity contribution < 1.29 is 9.84 Å². The van der Waals surface area contributed by atoms with Crippen molar-refractivity contribution in [1.29, 1.82) is 0 Å². The fraction of sp³-hybridized carbons (Fsp3) is 0.905. The summed E-state index contributed by atoms with van der Waals surface area (Å²) in [7, 11) is 0. The molecule has 1 heterocycles. The van der Waals surface area contributed by atoms with Gasteiger partial charge >= 0.3 is 0 Å². The minimum atomic E-state index is 0.0000815. The van der Waals surface area contributed by atoms with Crippen LogP contribution in [0.2, 0.25) is 0 Å². The molecule has 3 aliphatic rings. The van der Waals surface area contributed by atoms with Crippen LogP contribution in [0.25, 0.3) is 0 Å². The Kier molecular flexibility index (Phi) is 6.59. The maximum Gasteiger partial charge on any atom is 0.0753 e. The highest BCUT2D eigenvalue weighted by atomic mass is 16.5. The van der Waals surface area contributed by atoms with E-state index >= 15 is 0 Å². The van der Waals surface area contributed by atoms with Crippen LogP contribution >= 0.6 is 0 Å². The fourth-order valence-electron chi connectivity index (χ4n) is 5.20. The predicted octanol–water partition coefficient (Wildman–Crippen LogP) is 5.11. The van der Waals surface area contributed by atoms with Crippen LogP contribution in [0, 0.1) is 23.7 Å². The first-order valence-electron chi connectivity index (χ1n) is 10.2. The number of aliphatic hydroxyl groups is 1. The first-order valence-corrected chi connectivity index (χ1v) is 10.2. The van der Waals surface area contributed by atoms with E-state index in [2.05, 4.69) is 6.58 Å². The van der Waals surface area contributed by atoms with E-state index in [0.717, 1.165) is 43.1 Å². The van der Waals surface area contributed by atoms with Gasteiger partial charge in [-0.05, 0) is 75.0 Å². The third-order valence-corrected chi connectivity index (χ3v) is 6.97. The Morgan fingerprint density at radius 3 is 1.87 bits per heavy atom. The van der Waals surface area contributed by atoms with Gasteiger partial charge in [-0.25, -0.2) is 0 Å². The van der Waals surface area contributed by atoms with Crippen molar-refractivity contribution in [3.05, 3.63) is 12.7 Å². The average Bonchev–Trinajstić information content (AvgIpc) is 2.62. The number of hydrogen-bond donors (Lipinski definition) is 1. The van der Waals surface area contributed by atoms with Gasteiger partial charge in [-0.3, -0.25) is 0 Å². The molecule has 132 valence electrons. The molecule has 2 aliphatic carbocycles. The second-order valence-electron chi connectivity index (χ2n) is 8.48. The molecule has 0 aromatic rings. The molecule has 1 N–H and O–H groups in total. The first kappa shape index (κ1) is 17.5. The van der Waals surface area contributed by atoms with E-state index in [1.54, 1.807) is 0 Å². The zero-order chi connectivity index (χ0) is 16.1. The second kappa shape index (κ2) is 8.67. The smallest absolute Gasteiger partial charge is 0.0753 e. The van der Waals surface area contributed by atoms with Crippen LogP contribution in [-0.2, 0) is 4.74 Å². The lowest BCUT2D eigenvalue weighted by Crippen LogP contribution is -2.31. The zero-order valence-corrected chi connectivity index (χ0v) is 14.8. The maximum atomic E-state index is 9.61. The topological polar surface area (TPSA) is 29.5 Å². The summed E-state index contributed by atoms with van der Waals surface area (Å²) in [5.41, 5.74) is 0. The van der Waals surface area contributed by atoms with Crippen molar-refractivity contribution in [3.8, 4) is 0 Å². The van der Waals surface area contributed by atoms with Crippen molar-refractivity contribution in [2.45, 2.75) is 89.3 Å². The summed E-state index contributed by atoms with van der Waals surface area (Å²) >= 11 is 0. The monoisotopic (exact) mass is 320 g/mol. The van der Waals surface area contributed by atoms with Crippen molar-refractivity contribution in [2.24, 2.45) is 23.7 Å². The van der Waals surface area contributed by atoms with Gasteiger partial charge in [-0.2, -0.15) is 0 Å². The van der Waals surface area contributed by atoms with Gasteiger partial charge in [0.05, 0.1) is 18.8 Å². The molecule has 3 fully saturated rings. The van der Waals surface area contributed by atoms with E-state index in [1.807, 2.05) is 6.08 Å². The third-order valence-electron chi connectivity index (χ3n) is 6.97. The molecular weight excluding hydrogens is 284 g/mol. The van der Waals surface area contributed by atoms with Crippen LogP contribution in [-0.4, -0.2) is 23.9 Å². The van der Waals surface area contributed by atoms with E-state index in [0.29, 0.717) is 6.10 Å². The van der Waals surface area contributed by atoms with Crippen LogP contribution < -0.4 is 0 Å². The van der Waals surface area contributed by atoms with Crippen LogP contribution in [0.1, 0.15) is 77.0 Å². The fourth-order valence-corrected chi connectivity index (χ4v) is 5.20. The summed E-state index contributed by atoms with van der Waals surface area (Å²) in [6, 6.07) is 0. The van der Waals surface area contributed by atoms with Crippen LogP contribution in [0.5, 0.6) is 0 Å². The largest absolute Gasteiger partial charge is 0.393 e. The van der Waals surface area contributed by atoms with Crippen molar-refractivity contribution >= 4 is 0 Å². The molecule has 3 rings (SSSR count). The van der Waals surface area contributed by atoms with Crippen LogP contribution in [0.4, 0.5) is 0 Å². The van der Waals surface area contributed by atoms with Gasteiger partial charge in [0.25, 0.3) is 0 Å². The number of ether oxygens (including phenoxy) is 1. The molecule has 0 aromatic heterocycles. The Labute approximate surface area is 142 Å². The predicted molar refractivity (Wildman–Crippen MR) is 95.3 cm³/mol. The van der Waals surface area contributed by atoms with Gasteiger partial charge < -0.3 is 9.84 Å². The van der Waals surface area contributed by atoms with Crippen molar-refractivity contribution in [3.63, 3.8) is 0 Å². The Balaban J connectivity index is 1.32. The SMILES string of the molecule is C=CC1CCC(C2CCC(CCC3CCC(O)CC3)CC2)CO1. The second-order valence-corrected chi connectivity index (χ2v) is 8.48. The summed E-state index contributed by atoms with van der Waals surface area (Å²) in [5, 5.41) is 9.61. The molecule has 1 aliphatic heterocycles. The highest BCUT2D eigenvalue weighted by molar-refractivity contribution is 4.87. The Morgan fingerprint density at radius 2 is 1.35 bits per heavy atom. The molecular formula is C21H36O2. The molecule has 23 heavy (non-hydrogen) atoms. The highest BCUT2D eigenvalue weighted by Gasteiger charge is 2.31. The lowest BCUT2D eigenvalue weighted by Gasteiger charge is -2.37. The molecule has 0 amide bonds. The van der Waals surface area contributed by atoms with Gasteiger partial charge in [0.1, 0.15) is 0 Å². The van der Waals surface area contributed by atoms with Gasteiger partial charge in [-0.15, -0.1) is 6.58 Å². The quantitative estimate of drug-likeness (QED) is 0.714. The molecule has 2 heteroatoms. The normalized spacial score (nSPS) is 42.3. The standard InChI is InChI=1S/C21H36O2/c1-2-21-14-11-19(15-23-21)18-9-5-16(6-10-18)3-4-17-7-12-20(22)13-8-17/h2,16-22H,1,3-15H2. The van der Waals surface area contributed by atoms with E-state index < -0.39 is 0 Å². The summed E-state index contributed by atoms with van der Waals surface area (Å²) < 4.78 is 5.92. The van der Waals surface area contributed by atoms with Crippen molar-refractivity contribution in [2.75, 3.05) is 6.61 Å². The molecule has 0 bridgehead atoms. The highest BCUT2D eigenvalue weighted by Crippen LogP contribution is 2.40. The lowest BCUT2D eigenvalue weighted by atomic mass is 9.72. The lowest BCUT2D eigenvalue weighted by molar-refractivity contribution is -0.0168. The minimum absolute atomic E-state index is 0.0000815.